The normalized spacial score (nSPS) is 20.3. The number of ether oxygens (including phenoxy) is 2. The van der Waals surface area contributed by atoms with Crippen molar-refractivity contribution >= 4 is 5.82 Å². The third kappa shape index (κ3) is 4.04. The first-order valence-corrected chi connectivity index (χ1v) is 10.7. The summed E-state index contributed by atoms with van der Waals surface area (Å²) in [5.41, 5.74) is 2.49. The van der Waals surface area contributed by atoms with Gasteiger partial charge in [0.1, 0.15) is 6.10 Å². The summed E-state index contributed by atoms with van der Waals surface area (Å²) in [5, 5.41) is 0. The molecule has 30 heavy (non-hydrogen) atoms. The molecule has 2 aromatic carbocycles. The standard InChI is InChI=1S/C25H27N3O2/c1-3-8-20(9-4-1)22(18-27-14-16-29-17-15-27)28-19-24(21-10-5-2-6-11-21)30-23-12-7-13-26-25(23)28/h1-13,22,24H,14-19H2. The molecule has 3 aromatic rings. The van der Waals surface area contributed by atoms with E-state index in [-0.39, 0.29) is 12.1 Å². The van der Waals surface area contributed by atoms with E-state index in [2.05, 4.69) is 64.4 Å². The summed E-state index contributed by atoms with van der Waals surface area (Å²) in [7, 11) is 0. The minimum absolute atomic E-state index is 0.0289. The van der Waals surface area contributed by atoms with Crippen molar-refractivity contribution < 1.29 is 9.47 Å². The van der Waals surface area contributed by atoms with Gasteiger partial charge >= 0.3 is 0 Å². The zero-order chi connectivity index (χ0) is 20.2. The molecule has 0 aliphatic carbocycles. The molecular formula is C25H27N3O2. The Hall–Kier alpha value is -2.89. The van der Waals surface area contributed by atoms with Gasteiger partial charge in [-0.15, -0.1) is 0 Å². The lowest BCUT2D eigenvalue weighted by Gasteiger charge is -2.42. The molecule has 1 aromatic heterocycles. The van der Waals surface area contributed by atoms with Crippen LogP contribution < -0.4 is 9.64 Å². The van der Waals surface area contributed by atoms with E-state index in [4.69, 9.17) is 14.5 Å². The number of nitrogens with zero attached hydrogens (tertiary/aromatic N) is 3. The Morgan fingerprint density at radius 1 is 0.900 bits per heavy atom. The van der Waals surface area contributed by atoms with Gasteiger partial charge in [-0.05, 0) is 23.3 Å². The number of hydrogen-bond acceptors (Lipinski definition) is 5. The number of rotatable bonds is 5. The van der Waals surface area contributed by atoms with Gasteiger partial charge in [-0.2, -0.15) is 0 Å². The van der Waals surface area contributed by atoms with Crippen molar-refractivity contribution in [1.82, 2.24) is 9.88 Å². The molecule has 154 valence electrons. The van der Waals surface area contributed by atoms with Crippen molar-refractivity contribution in [2.24, 2.45) is 0 Å². The fraction of sp³-hybridized carbons (Fsp3) is 0.320. The molecule has 5 nitrogen and oxygen atoms in total. The summed E-state index contributed by atoms with van der Waals surface area (Å²) >= 11 is 0. The van der Waals surface area contributed by atoms with Crippen LogP contribution in [0.3, 0.4) is 0 Å². The molecule has 2 aliphatic heterocycles. The number of aromatic nitrogens is 1. The van der Waals surface area contributed by atoms with E-state index in [0.717, 1.165) is 51.0 Å². The maximum atomic E-state index is 6.39. The molecule has 2 unspecified atom stereocenters. The Morgan fingerprint density at radius 3 is 2.40 bits per heavy atom. The summed E-state index contributed by atoms with van der Waals surface area (Å²) in [6.07, 6.45) is 1.83. The van der Waals surface area contributed by atoms with Crippen LogP contribution in [0.25, 0.3) is 0 Å². The van der Waals surface area contributed by atoms with Gasteiger partial charge in [0.05, 0.1) is 25.8 Å². The minimum Gasteiger partial charge on any atom is -0.480 e. The van der Waals surface area contributed by atoms with Gasteiger partial charge in [0, 0.05) is 25.8 Å². The van der Waals surface area contributed by atoms with E-state index >= 15 is 0 Å². The second-order valence-electron chi connectivity index (χ2n) is 7.83. The van der Waals surface area contributed by atoms with Gasteiger partial charge in [-0.25, -0.2) is 4.98 Å². The van der Waals surface area contributed by atoms with Crippen LogP contribution in [0, 0.1) is 0 Å². The highest BCUT2D eigenvalue weighted by molar-refractivity contribution is 5.56. The number of benzene rings is 2. The highest BCUT2D eigenvalue weighted by Crippen LogP contribution is 2.40. The Kier molecular flexibility index (Phi) is 5.64. The topological polar surface area (TPSA) is 37.8 Å². The highest BCUT2D eigenvalue weighted by Gasteiger charge is 2.34. The van der Waals surface area contributed by atoms with Crippen molar-refractivity contribution in [3.8, 4) is 5.75 Å². The van der Waals surface area contributed by atoms with Crippen LogP contribution in [0.15, 0.2) is 79.0 Å². The number of pyridine rings is 1. The fourth-order valence-electron chi connectivity index (χ4n) is 4.35. The molecule has 2 aliphatic rings. The fourth-order valence-corrected chi connectivity index (χ4v) is 4.35. The Balaban J connectivity index is 1.52. The number of morpholine rings is 1. The molecule has 2 atom stereocenters. The van der Waals surface area contributed by atoms with E-state index in [1.165, 1.54) is 11.1 Å². The zero-order valence-corrected chi connectivity index (χ0v) is 17.1. The predicted molar refractivity (Wildman–Crippen MR) is 118 cm³/mol. The molecule has 0 spiro atoms. The SMILES string of the molecule is c1ccc(C2CN(C(CN3CCOCC3)c3ccccc3)c3ncccc3O2)cc1. The molecular weight excluding hydrogens is 374 g/mol. The third-order valence-electron chi connectivity index (χ3n) is 5.92. The predicted octanol–water partition coefficient (Wildman–Crippen LogP) is 4.10. The molecule has 0 radical (unpaired) electrons. The van der Waals surface area contributed by atoms with Crippen molar-refractivity contribution in [2.75, 3.05) is 44.3 Å². The second-order valence-corrected chi connectivity index (χ2v) is 7.83. The lowest BCUT2D eigenvalue weighted by Crippen LogP contribution is -2.46. The quantitative estimate of drug-likeness (QED) is 0.644. The highest BCUT2D eigenvalue weighted by atomic mass is 16.5. The van der Waals surface area contributed by atoms with Crippen molar-refractivity contribution in [1.29, 1.82) is 0 Å². The van der Waals surface area contributed by atoms with E-state index in [1.807, 2.05) is 24.4 Å². The molecule has 0 saturated carbocycles. The number of fused-ring (bicyclic) bond motifs is 1. The molecule has 0 bridgehead atoms. The Bertz CT molecular complexity index is 945. The third-order valence-corrected chi connectivity index (χ3v) is 5.92. The van der Waals surface area contributed by atoms with Crippen molar-refractivity contribution in [2.45, 2.75) is 12.1 Å². The van der Waals surface area contributed by atoms with Crippen LogP contribution in [-0.2, 0) is 4.74 Å². The average Bonchev–Trinajstić information content (AvgIpc) is 2.84. The molecule has 0 N–H and O–H groups in total. The van der Waals surface area contributed by atoms with Gasteiger partial charge in [0.25, 0.3) is 0 Å². The molecule has 5 heteroatoms. The number of hydrogen-bond donors (Lipinski definition) is 0. The summed E-state index contributed by atoms with van der Waals surface area (Å²) < 4.78 is 12.0. The molecule has 0 amide bonds. The first-order chi connectivity index (χ1) is 14.9. The Morgan fingerprint density at radius 2 is 1.63 bits per heavy atom. The van der Waals surface area contributed by atoms with E-state index < -0.39 is 0 Å². The van der Waals surface area contributed by atoms with Gasteiger partial charge in [0.15, 0.2) is 11.6 Å². The first-order valence-electron chi connectivity index (χ1n) is 10.7. The van der Waals surface area contributed by atoms with Crippen LogP contribution in [0.1, 0.15) is 23.3 Å². The second kappa shape index (κ2) is 8.86. The van der Waals surface area contributed by atoms with Crippen LogP contribution in [0.4, 0.5) is 5.82 Å². The van der Waals surface area contributed by atoms with E-state index in [9.17, 15) is 0 Å². The van der Waals surface area contributed by atoms with Crippen LogP contribution in [-0.4, -0.2) is 49.3 Å². The monoisotopic (exact) mass is 401 g/mol. The minimum atomic E-state index is -0.0289. The lowest BCUT2D eigenvalue weighted by atomic mass is 10.0. The van der Waals surface area contributed by atoms with Gasteiger partial charge < -0.3 is 14.4 Å². The number of anilines is 1. The van der Waals surface area contributed by atoms with Gasteiger partial charge in [0.2, 0.25) is 0 Å². The molecule has 1 saturated heterocycles. The maximum absolute atomic E-state index is 6.39. The summed E-state index contributed by atoms with van der Waals surface area (Å²) in [6, 6.07) is 25.4. The maximum Gasteiger partial charge on any atom is 0.172 e. The van der Waals surface area contributed by atoms with Gasteiger partial charge in [-0.1, -0.05) is 60.7 Å². The summed E-state index contributed by atoms with van der Waals surface area (Å²) in [6.45, 7) is 5.22. The zero-order valence-electron chi connectivity index (χ0n) is 17.1. The van der Waals surface area contributed by atoms with Gasteiger partial charge in [-0.3, -0.25) is 4.90 Å². The molecule has 1 fully saturated rings. The smallest absolute Gasteiger partial charge is 0.172 e. The van der Waals surface area contributed by atoms with Crippen LogP contribution in [0.2, 0.25) is 0 Å². The first kappa shape index (κ1) is 19.1. The Labute approximate surface area is 177 Å². The molecule has 3 heterocycles. The largest absolute Gasteiger partial charge is 0.480 e. The summed E-state index contributed by atoms with van der Waals surface area (Å²) in [4.78, 5) is 9.65. The van der Waals surface area contributed by atoms with E-state index in [0.29, 0.717) is 0 Å². The van der Waals surface area contributed by atoms with Crippen molar-refractivity contribution in [3.05, 3.63) is 90.1 Å². The summed E-state index contributed by atoms with van der Waals surface area (Å²) in [5.74, 6) is 1.77. The molecule has 5 rings (SSSR count). The average molecular weight is 402 g/mol. The van der Waals surface area contributed by atoms with E-state index in [1.54, 1.807) is 0 Å². The van der Waals surface area contributed by atoms with Crippen LogP contribution >= 0.6 is 0 Å². The van der Waals surface area contributed by atoms with Crippen LogP contribution in [0.5, 0.6) is 5.75 Å². The van der Waals surface area contributed by atoms with Crippen molar-refractivity contribution in [3.63, 3.8) is 0 Å². The lowest BCUT2D eigenvalue weighted by molar-refractivity contribution is 0.0341.